The second kappa shape index (κ2) is 5.20. The number of rotatable bonds is 4. The Kier molecular flexibility index (Phi) is 3.22. The van der Waals surface area contributed by atoms with Crippen molar-refractivity contribution in [3.8, 4) is 0 Å². The van der Waals surface area contributed by atoms with Crippen LogP contribution in [0.1, 0.15) is 37.4 Å². The Bertz CT molecular complexity index is 558. The third-order valence-corrected chi connectivity index (χ3v) is 5.21. The van der Waals surface area contributed by atoms with E-state index in [-0.39, 0.29) is 0 Å². The highest BCUT2D eigenvalue weighted by molar-refractivity contribution is 7.13. The third kappa shape index (κ3) is 2.46. The van der Waals surface area contributed by atoms with Crippen LogP contribution in [0.25, 0.3) is 0 Å². The van der Waals surface area contributed by atoms with Crippen LogP contribution in [0.4, 0.5) is 5.13 Å². The molecule has 0 bridgehead atoms. The zero-order valence-corrected chi connectivity index (χ0v) is 12.4. The summed E-state index contributed by atoms with van der Waals surface area (Å²) in [5.74, 6) is 2.75. The monoisotopic (exact) mass is 288 g/mol. The molecule has 2 aromatic rings. The first-order chi connectivity index (χ1) is 9.90. The van der Waals surface area contributed by atoms with Crippen LogP contribution in [0.3, 0.4) is 0 Å². The van der Waals surface area contributed by atoms with Gasteiger partial charge in [-0.05, 0) is 31.6 Å². The third-order valence-electron chi connectivity index (χ3n) is 4.38. The molecule has 5 heteroatoms. The summed E-state index contributed by atoms with van der Waals surface area (Å²) in [4.78, 5) is 11.5. The molecule has 1 saturated heterocycles. The van der Waals surface area contributed by atoms with E-state index in [0.717, 1.165) is 24.1 Å². The highest BCUT2D eigenvalue weighted by Gasteiger charge is 2.28. The van der Waals surface area contributed by atoms with Crippen molar-refractivity contribution in [2.75, 3.05) is 18.0 Å². The summed E-state index contributed by atoms with van der Waals surface area (Å²) in [6.45, 7) is 3.37. The smallest absolute Gasteiger partial charge is 0.185 e. The van der Waals surface area contributed by atoms with Crippen molar-refractivity contribution in [1.82, 2.24) is 14.5 Å². The van der Waals surface area contributed by atoms with E-state index in [2.05, 4.69) is 31.0 Å². The van der Waals surface area contributed by atoms with Crippen LogP contribution in [0, 0.1) is 5.92 Å². The molecule has 0 radical (unpaired) electrons. The fourth-order valence-corrected chi connectivity index (χ4v) is 3.83. The molecule has 1 aliphatic carbocycles. The van der Waals surface area contributed by atoms with E-state index in [1.54, 1.807) is 11.3 Å². The van der Waals surface area contributed by atoms with Crippen molar-refractivity contribution in [2.24, 2.45) is 5.92 Å². The maximum atomic E-state index is 4.66. The summed E-state index contributed by atoms with van der Waals surface area (Å²) >= 11 is 1.74. The maximum Gasteiger partial charge on any atom is 0.185 e. The molecule has 0 spiro atoms. The molecule has 20 heavy (non-hydrogen) atoms. The van der Waals surface area contributed by atoms with Gasteiger partial charge in [-0.25, -0.2) is 9.97 Å². The molecule has 106 valence electrons. The number of hydrogen-bond acceptors (Lipinski definition) is 4. The van der Waals surface area contributed by atoms with Crippen molar-refractivity contribution in [2.45, 2.75) is 38.1 Å². The van der Waals surface area contributed by atoms with Gasteiger partial charge in [0.05, 0.1) is 0 Å². The molecule has 2 aliphatic rings. The van der Waals surface area contributed by atoms with E-state index < -0.39 is 0 Å². The number of imidazole rings is 1. The largest absolute Gasteiger partial charge is 0.347 e. The van der Waals surface area contributed by atoms with Gasteiger partial charge in [0.1, 0.15) is 5.82 Å². The first-order valence-corrected chi connectivity index (χ1v) is 8.43. The second-order valence-electron chi connectivity index (χ2n) is 5.98. The summed E-state index contributed by atoms with van der Waals surface area (Å²) in [7, 11) is 0. The highest BCUT2D eigenvalue weighted by Crippen LogP contribution is 2.34. The molecule has 2 aromatic heterocycles. The minimum Gasteiger partial charge on any atom is -0.347 e. The van der Waals surface area contributed by atoms with Crippen LogP contribution >= 0.6 is 11.3 Å². The van der Waals surface area contributed by atoms with Gasteiger partial charge in [0.15, 0.2) is 5.13 Å². The lowest BCUT2D eigenvalue weighted by Gasteiger charge is -2.32. The van der Waals surface area contributed by atoms with Gasteiger partial charge in [-0.3, -0.25) is 0 Å². The summed E-state index contributed by atoms with van der Waals surface area (Å²) in [5, 5.41) is 3.22. The van der Waals surface area contributed by atoms with Gasteiger partial charge in [-0.2, -0.15) is 0 Å². The van der Waals surface area contributed by atoms with Gasteiger partial charge < -0.3 is 9.47 Å². The number of piperidine rings is 1. The topological polar surface area (TPSA) is 34.0 Å². The Morgan fingerprint density at radius 1 is 1.20 bits per heavy atom. The van der Waals surface area contributed by atoms with Crippen LogP contribution in [0.2, 0.25) is 0 Å². The second-order valence-corrected chi connectivity index (χ2v) is 6.85. The minimum atomic E-state index is 0.557. The number of anilines is 1. The summed E-state index contributed by atoms with van der Waals surface area (Å²) < 4.78 is 2.40. The predicted molar refractivity (Wildman–Crippen MR) is 81.3 cm³/mol. The lowest BCUT2D eigenvalue weighted by molar-refractivity contribution is 0.463. The normalized spacial score (nSPS) is 23.2. The van der Waals surface area contributed by atoms with Crippen LogP contribution in [0.5, 0.6) is 0 Å². The Morgan fingerprint density at radius 2 is 2.15 bits per heavy atom. The standard InChI is InChI=1S/C15H20N4S/c1-2-13(11-19(7-1)15-17-6-9-20-15)14-16-5-8-18(14)10-12-3-4-12/h5-6,8-9,12-13H,1-4,7,10-11H2. The molecule has 1 unspecified atom stereocenters. The minimum absolute atomic E-state index is 0.557. The van der Waals surface area contributed by atoms with Crippen LogP contribution in [-0.4, -0.2) is 27.6 Å². The number of aromatic nitrogens is 3. The van der Waals surface area contributed by atoms with E-state index >= 15 is 0 Å². The molecule has 0 amide bonds. The van der Waals surface area contributed by atoms with E-state index in [0.29, 0.717) is 5.92 Å². The Balaban J connectivity index is 1.51. The summed E-state index contributed by atoms with van der Waals surface area (Å²) in [6.07, 6.45) is 11.3. The predicted octanol–water partition coefficient (Wildman–Crippen LogP) is 3.13. The quantitative estimate of drug-likeness (QED) is 0.867. The Hall–Kier alpha value is -1.36. The molecule has 1 saturated carbocycles. The fourth-order valence-electron chi connectivity index (χ4n) is 3.15. The molecule has 0 N–H and O–H groups in total. The van der Waals surface area contributed by atoms with E-state index in [1.807, 2.05) is 12.4 Å². The molecular formula is C15H20N4S. The molecule has 4 nitrogen and oxygen atoms in total. The number of hydrogen-bond donors (Lipinski definition) is 0. The Labute approximate surface area is 123 Å². The van der Waals surface area contributed by atoms with Crippen LogP contribution in [-0.2, 0) is 6.54 Å². The van der Waals surface area contributed by atoms with E-state index in [1.165, 1.54) is 38.1 Å². The molecule has 3 heterocycles. The van der Waals surface area contributed by atoms with Crippen LogP contribution in [0.15, 0.2) is 24.0 Å². The number of nitrogens with zero attached hydrogens (tertiary/aromatic N) is 4. The zero-order valence-electron chi connectivity index (χ0n) is 11.6. The SMILES string of the molecule is c1csc(N2CCCC(c3nccn3CC3CC3)C2)n1. The molecular weight excluding hydrogens is 268 g/mol. The number of thiazole rings is 1. The van der Waals surface area contributed by atoms with Gasteiger partial charge in [0.25, 0.3) is 0 Å². The molecule has 0 aromatic carbocycles. The molecule has 2 fully saturated rings. The van der Waals surface area contributed by atoms with Crippen molar-refractivity contribution in [1.29, 1.82) is 0 Å². The molecule has 4 rings (SSSR count). The first kappa shape index (κ1) is 12.4. The molecule has 1 atom stereocenters. The lowest BCUT2D eigenvalue weighted by atomic mass is 9.97. The van der Waals surface area contributed by atoms with E-state index in [9.17, 15) is 0 Å². The average molecular weight is 288 g/mol. The van der Waals surface area contributed by atoms with E-state index in [4.69, 9.17) is 0 Å². The van der Waals surface area contributed by atoms with Crippen molar-refractivity contribution in [3.05, 3.63) is 29.8 Å². The van der Waals surface area contributed by atoms with Gasteiger partial charge in [0, 0.05) is 49.5 Å². The van der Waals surface area contributed by atoms with Crippen molar-refractivity contribution >= 4 is 16.5 Å². The molecule has 1 aliphatic heterocycles. The maximum absolute atomic E-state index is 4.66. The van der Waals surface area contributed by atoms with Crippen molar-refractivity contribution < 1.29 is 0 Å². The fraction of sp³-hybridized carbons (Fsp3) is 0.600. The summed E-state index contributed by atoms with van der Waals surface area (Å²) in [5.41, 5.74) is 0. The van der Waals surface area contributed by atoms with Gasteiger partial charge >= 0.3 is 0 Å². The van der Waals surface area contributed by atoms with Gasteiger partial charge in [-0.1, -0.05) is 0 Å². The van der Waals surface area contributed by atoms with Crippen LogP contribution < -0.4 is 4.90 Å². The van der Waals surface area contributed by atoms with Gasteiger partial charge in [-0.15, -0.1) is 11.3 Å². The highest BCUT2D eigenvalue weighted by atomic mass is 32.1. The first-order valence-electron chi connectivity index (χ1n) is 7.55. The Morgan fingerprint density at radius 3 is 2.95 bits per heavy atom. The zero-order chi connectivity index (χ0) is 13.4. The summed E-state index contributed by atoms with van der Waals surface area (Å²) in [6, 6.07) is 0. The van der Waals surface area contributed by atoms with Gasteiger partial charge in [0.2, 0.25) is 0 Å². The lowest BCUT2D eigenvalue weighted by Crippen LogP contribution is -2.35. The average Bonchev–Trinajstić information content (AvgIpc) is 2.95. The van der Waals surface area contributed by atoms with Crippen molar-refractivity contribution in [3.63, 3.8) is 0 Å².